The van der Waals surface area contributed by atoms with E-state index in [-0.39, 0.29) is 41.3 Å². The number of hydrogen-bond acceptors (Lipinski definition) is 18. The van der Waals surface area contributed by atoms with Crippen LogP contribution in [0.5, 0.6) is 0 Å². The van der Waals surface area contributed by atoms with Crippen LogP contribution in [0.4, 0.5) is 0 Å². The van der Waals surface area contributed by atoms with E-state index in [4.69, 9.17) is 33.2 Å². The van der Waals surface area contributed by atoms with E-state index in [0.717, 1.165) is 32.1 Å². The molecule has 11 N–H and O–H groups in total. The Bertz CT molecular complexity index is 1690. The van der Waals surface area contributed by atoms with Crippen LogP contribution in [-0.2, 0) is 33.2 Å². The lowest BCUT2D eigenvalue weighted by molar-refractivity contribution is -0.397. The maximum atomic E-state index is 12.1. The molecule has 9 aliphatic rings. The summed E-state index contributed by atoms with van der Waals surface area (Å²) in [7, 11) is 0. The average molecular weight is 901 g/mol. The van der Waals surface area contributed by atoms with Gasteiger partial charge in [-0.3, -0.25) is 0 Å². The van der Waals surface area contributed by atoms with Crippen LogP contribution in [-0.4, -0.2) is 179 Å². The van der Waals surface area contributed by atoms with Gasteiger partial charge in [-0.1, -0.05) is 39.3 Å². The van der Waals surface area contributed by atoms with Gasteiger partial charge in [-0.25, -0.2) is 0 Å². The van der Waals surface area contributed by atoms with Crippen molar-refractivity contribution in [3.63, 3.8) is 0 Å². The van der Waals surface area contributed by atoms with Crippen molar-refractivity contribution in [1.29, 1.82) is 0 Å². The summed E-state index contributed by atoms with van der Waals surface area (Å²) >= 11 is 0. The summed E-state index contributed by atoms with van der Waals surface area (Å²) in [5.41, 5.74) is 1.20. The highest BCUT2D eigenvalue weighted by Gasteiger charge is 2.77. The second-order valence-electron chi connectivity index (χ2n) is 21.4. The van der Waals surface area contributed by atoms with Crippen LogP contribution in [0.3, 0.4) is 0 Å². The van der Waals surface area contributed by atoms with Crippen LogP contribution >= 0.6 is 0 Å². The van der Waals surface area contributed by atoms with Crippen molar-refractivity contribution in [2.75, 3.05) is 13.2 Å². The fourth-order valence-electron chi connectivity index (χ4n) is 14.1. The van der Waals surface area contributed by atoms with Gasteiger partial charge >= 0.3 is 0 Å². The molecule has 27 atom stereocenters. The van der Waals surface area contributed by atoms with Crippen LogP contribution in [0.2, 0.25) is 0 Å². The van der Waals surface area contributed by atoms with Crippen molar-refractivity contribution < 1.29 is 89.3 Å². The first-order valence-electron chi connectivity index (χ1n) is 23.5. The quantitative estimate of drug-likeness (QED) is 0.112. The van der Waals surface area contributed by atoms with Gasteiger partial charge in [0, 0.05) is 18.9 Å². The number of aliphatic hydroxyl groups excluding tert-OH is 10. The van der Waals surface area contributed by atoms with E-state index in [1.165, 1.54) is 12.5 Å². The van der Waals surface area contributed by atoms with Crippen LogP contribution in [0.1, 0.15) is 92.4 Å². The number of allylic oxidation sites excluding steroid dienone is 1. The standard InChI is InChI=1S/C45H72O18/c1-18(16-46)8-13-44(56)19(2)28-26(61-44)15-25-23-7-6-21-14-22(9-11-42(21,4)24(23)10-12-43(25,28)5)58-41-37(62-45-29(38(45)54)31(49)33(51)39(55)63-45)35(53)36(27(17-47)59-41)60-40-34(52)32(50)30(48)20(3)57-40/h6,18-20,22-41,46-56H,7-17H2,1-5H3/t18-,19+,20?,22?,23-,24+,25+,26?,27?,28+,29?,30+,31?,32?,33-,34?,35?,36-,37?,38?,39?,40+,41-,42+,43+,44?,45?/m1/s1. The Hall–Kier alpha value is -0.980. The molecule has 0 aromatic heterocycles. The largest absolute Gasteiger partial charge is 0.396 e. The van der Waals surface area contributed by atoms with Crippen molar-refractivity contribution >= 4 is 0 Å². The molecule has 4 aliphatic heterocycles. The molecular weight excluding hydrogens is 828 g/mol. The summed E-state index contributed by atoms with van der Waals surface area (Å²) in [4.78, 5) is 0. The minimum atomic E-state index is -2.08. The SMILES string of the molecule is CC1O[C@@H](O[C@@H]2C(CO)O[C@@H](OC3CC[C@@]4(C)C(=CC[C@H]5[C@@H]6CC7OC(O)(CC[C@@H](C)CO)[C@@H](C)[C@@H]7[C@@]6(C)CC[C@@H]54)C3)C(OC34OC(O)[C@H](O)C(O)C3C4O)C2O)C(O)C(O)[C@H]1O. The van der Waals surface area contributed by atoms with E-state index in [1.807, 2.05) is 6.92 Å². The zero-order chi connectivity index (χ0) is 45.3. The molecule has 0 aromatic rings. The molecule has 18 nitrogen and oxygen atoms in total. The summed E-state index contributed by atoms with van der Waals surface area (Å²) in [5.74, 6) is -2.83. The van der Waals surface area contributed by atoms with Gasteiger partial charge in [0.1, 0.15) is 54.9 Å². The highest BCUT2D eigenvalue weighted by Crippen LogP contribution is 2.70. The van der Waals surface area contributed by atoms with Crippen molar-refractivity contribution in [1.82, 2.24) is 0 Å². The molecule has 0 radical (unpaired) electrons. The minimum absolute atomic E-state index is 0.00950. The topological polar surface area (TPSA) is 287 Å². The van der Waals surface area contributed by atoms with Crippen LogP contribution in [0.25, 0.3) is 0 Å². The highest BCUT2D eigenvalue weighted by molar-refractivity contribution is 5.26. The van der Waals surface area contributed by atoms with Crippen LogP contribution in [0.15, 0.2) is 11.6 Å². The first-order chi connectivity index (χ1) is 29.7. The number of hydrogen-bond donors (Lipinski definition) is 11. The molecule has 8 fully saturated rings. The third-order valence-electron chi connectivity index (χ3n) is 18.0. The van der Waals surface area contributed by atoms with E-state index in [2.05, 4.69) is 26.8 Å². The molecule has 18 heteroatoms. The highest BCUT2D eigenvalue weighted by atomic mass is 16.8. The minimum Gasteiger partial charge on any atom is -0.396 e. The van der Waals surface area contributed by atoms with Gasteiger partial charge < -0.3 is 89.3 Å². The molecule has 0 bridgehead atoms. The summed E-state index contributed by atoms with van der Waals surface area (Å²) in [6.45, 7) is 9.77. The Labute approximate surface area is 368 Å². The summed E-state index contributed by atoms with van der Waals surface area (Å²) < 4.78 is 43.0. The van der Waals surface area contributed by atoms with Crippen LogP contribution in [0, 0.1) is 52.3 Å². The Morgan fingerprint density at radius 1 is 0.794 bits per heavy atom. The second-order valence-corrected chi connectivity index (χ2v) is 21.4. The van der Waals surface area contributed by atoms with E-state index in [0.29, 0.717) is 43.4 Å². The van der Waals surface area contributed by atoms with Gasteiger partial charge in [0.05, 0.1) is 36.9 Å². The summed E-state index contributed by atoms with van der Waals surface area (Å²) in [5, 5.41) is 118. The third-order valence-corrected chi connectivity index (χ3v) is 18.0. The van der Waals surface area contributed by atoms with E-state index >= 15 is 0 Å². The molecule has 0 amide bonds. The van der Waals surface area contributed by atoms with Gasteiger partial charge in [-0.05, 0) is 98.7 Å². The van der Waals surface area contributed by atoms with Gasteiger partial charge in [0.15, 0.2) is 24.7 Å². The number of rotatable bonds is 11. The van der Waals surface area contributed by atoms with E-state index in [9.17, 15) is 56.2 Å². The molecule has 360 valence electrons. The lowest BCUT2D eigenvalue weighted by Crippen LogP contribution is -2.66. The first kappa shape index (κ1) is 47.1. The van der Waals surface area contributed by atoms with Gasteiger partial charge in [0.25, 0.3) is 0 Å². The molecule has 4 saturated carbocycles. The Balaban J connectivity index is 0.922. The predicted octanol–water partition coefficient (Wildman–Crippen LogP) is -0.874. The predicted molar refractivity (Wildman–Crippen MR) is 215 cm³/mol. The Morgan fingerprint density at radius 2 is 1.54 bits per heavy atom. The van der Waals surface area contributed by atoms with Crippen LogP contribution < -0.4 is 0 Å². The molecule has 0 spiro atoms. The van der Waals surface area contributed by atoms with Crippen molar-refractivity contribution in [2.45, 2.75) is 202 Å². The molecule has 14 unspecified atom stereocenters. The zero-order valence-corrected chi connectivity index (χ0v) is 36.9. The van der Waals surface area contributed by atoms with E-state index < -0.39 is 116 Å². The van der Waals surface area contributed by atoms with E-state index in [1.54, 1.807) is 0 Å². The zero-order valence-electron chi connectivity index (χ0n) is 36.9. The fraction of sp³-hybridized carbons (Fsp3) is 0.956. The summed E-state index contributed by atoms with van der Waals surface area (Å²) in [6, 6.07) is 0. The first-order valence-corrected chi connectivity index (χ1v) is 23.5. The lowest BCUT2D eigenvalue weighted by atomic mass is 9.47. The molecular formula is C45H72O18. The number of aliphatic hydroxyl groups is 11. The number of fused-ring (bicyclic) bond motifs is 8. The molecule has 0 aromatic carbocycles. The molecule has 5 aliphatic carbocycles. The van der Waals surface area contributed by atoms with Crippen molar-refractivity contribution in [2.24, 2.45) is 52.3 Å². The van der Waals surface area contributed by atoms with Crippen molar-refractivity contribution in [3.8, 4) is 0 Å². The van der Waals surface area contributed by atoms with Gasteiger partial charge in [-0.2, -0.15) is 0 Å². The molecule has 4 heterocycles. The van der Waals surface area contributed by atoms with Crippen molar-refractivity contribution in [3.05, 3.63) is 11.6 Å². The second kappa shape index (κ2) is 16.9. The monoisotopic (exact) mass is 900 g/mol. The third kappa shape index (κ3) is 7.44. The maximum Gasteiger partial charge on any atom is 0.206 e. The lowest BCUT2D eigenvalue weighted by Gasteiger charge is -2.58. The molecule has 9 rings (SSSR count). The Morgan fingerprint density at radius 3 is 2.25 bits per heavy atom. The molecule has 4 saturated heterocycles. The maximum absolute atomic E-state index is 12.1. The van der Waals surface area contributed by atoms with Gasteiger partial charge in [0.2, 0.25) is 5.79 Å². The summed E-state index contributed by atoms with van der Waals surface area (Å²) in [6.07, 6.45) is -12.8. The Kier molecular flexibility index (Phi) is 12.6. The smallest absolute Gasteiger partial charge is 0.206 e. The molecule has 63 heavy (non-hydrogen) atoms. The average Bonchev–Trinajstić information content (AvgIpc) is 3.56. The fourth-order valence-corrected chi connectivity index (χ4v) is 14.1. The normalized spacial score (nSPS) is 57.9. The number of ether oxygens (including phenoxy) is 7. The van der Waals surface area contributed by atoms with Gasteiger partial charge in [-0.15, -0.1) is 0 Å².